The van der Waals surface area contributed by atoms with E-state index >= 15 is 0 Å². The van der Waals surface area contributed by atoms with E-state index in [4.69, 9.17) is 10.8 Å². The van der Waals surface area contributed by atoms with Gasteiger partial charge in [-0.2, -0.15) is 0 Å². The lowest BCUT2D eigenvalue weighted by Crippen LogP contribution is -2.30. The topological polar surface area (TPSA) is 130 Å². The minimum absolute atomic E-state index is 0.0159. The lowest BCUT2D eigenvalue weighted by Gasteiger charge is -2.32. The number of sulfone groups is 1. The summed E-state index contributed by atoms with van der Waals surface area (Å²) in [5.41, 5.74) is 8.84. The zero-order valence-electron chi connectivity index (χ0n) is 15.9. The van der Waals surface area contributed by atoms with Crippen molar-refractivity contribution in [2.75, 3.05) is 11.5 Å². The van der Waals surface area contributed by atoms with E-state index < -0.39 is 33.4 Å². The molecule has 4 N–H and O–H groups in total. The Morgan fingerprint density at radius 3 is 2.59 bits per heavy atom. The van der Waals surface area contributed by atoms with Crippen molar-refractivity contribution in [3.63, 3.8) is 0 Å². The van der Waals surface area contributed by atoms with Crippen LogP contribution < -0.4 is 5.73 Å². The van der Waals surface area contributed by atoms with Crippen LogP contribution in [0.15, 0.2) is 41.3 Å². The van der Waals surface area contributed by atoms with E-state index in [2.05, 4.69) is 4.98 Å². The number of carboxylic acid groups (broad SMARTS) is 1. The number of hydrogen-bond acceptors (Lipinski definition) is 5. The van der Waals surface area contributed by atoms with E-state index in [9.17, 15) is 18.0 Å². The van der Waals surface area contributed by atoms with E-state index in [1.165, 1.54) is 18.2 Å². The number of carbonyl (C=O) groups excluding carboxylic acids is 1. The number of H-pyrrole nitrogens is 1. The largest absolute Gasteiger partial charge is 0.481 e. The normalized spacial score (nSPS) is 15.2. The quantitative estimate of drug-likeness (QED) is 0.565. The molecule has 150 valence electrons. The van der Waals surface area contributed by atoms with Crippen LogP contribution in [0, 0.1) is 0 Å². The summed E-state index contributed by atoms with van der Waals surface area (Å²) in [6.07, 6.45) is -0.477. The van der Waals surface area contributed by atoms with Gasteiger partial charge in [-0.25, -0.2) is 8.42 Å². The summed E-state index contributed by atoms with van der Waals surface area (Å²) in [4.78, 5) is 27.3. The summed E-state index contributed by atoms with van der Waals surface area (Å²) < 4.78 is 25.1. The van der Waals surface area contributed by atoms with E-state index in [0.717, 1.165) is 10.9 Å². The van der Waals surface area contributed by atoms with Gasteiger partial charge < -0.3 is 15.8 Å². The zero-order chi connectivity index (χ0) is 21.1. The zero-order valence-corrected chi connectivity index (χ0v) is 16.8. The maximum absolute atomic E-state index is 13.3. The molecule has 0 amide bonds. The summed E-state index contributed by atoms with van der Waals surface area (Å²) in [7, 11) is -3.78. The molecule has 1 aromatic heterocycles. The van der Waals surface area contributed by atoms with Gasteiger partial charge >= 0.3 is 5.97 Å². The molecule has 1 heterocycles. The van der Waals surface area contributed by atoms with Gasteiger partial charge in [0.1, 0.15) is 0 Å². The number of aromatic nitrogens is 1. The maximum Gasteiger partial charge on any atom is 0.304 e. The number of nitrogens with one attached hydrogen (secondary N) is 1. The minimum atomic E-state index is -3.78. The second kappa shape index (κ2) is 6.18. The number of aliphatic carboxylic acids is 1. The van der Waals surface area contributed by atoms with Crippen LogP contribution in [0.5, 0.6) is 0 Å². The number of nitrogens with two attached hydrogens (primary N) is 1. The van der Waals surface area contributed by atoms with Gasteiger partial charge in [-0.15, -0.1) is 0 Å². The van der Waals surface area contributed by atoms with E-state index in [1.807, 2.05) is 19.9 Å². The first-order valence-corrected chi connectivity index (χ1v) is 10.7. The average molecular weight is 412 g/mol. The van der Waals surface area contributed by atoms with E-state index in [1.54, 1.807) is 12.1 Å². The molecule has 0 radical (unpaired) electrons. The predicted octanol–water partition coefficient (Wildman–Crippen LogP) is 2.87. The third-order valence-electron chi connectivity index (χ3n) is 5.53. The summed E-state index contributed by atoms with van der Waals surface area (Å²) in [6.45, 7) is 3.84. The van der Waals surface area contributed by atoms with E-state index in [0.29, 0.717) is 28.1 Å². The number of ketones is 1. The van der Waals surface area contributed by atoms with Gasteiger partial charge in [-0.1, -0.05) is 19.9 Å². The van der Waals surface area contributed by atoms with Crippen molar-refractivity contribution in [1.82, 2.24) is 4.98 Å². The number of benzene rings is 2. The number of hydrogen-bond donors (Lipinski definition) is 3. The molecule has 0 saturated heterocycles. The molecule has 2 aromatic carbocycles. The molecule has 0 saturated carbocycles. The van der Waals surface area contributed by atoms with Crippen LogP contribution in [0.4, 0.5) is 5.69 Å². The minimum Gasteiger partial charge on any atom is -0.481 e. The number of anilines is 1. The van der Waals surface area contributed by atoms with Crippen LogP contribution in [0.3, 0.4) is 0 Å². The highest BCUT2D eigenvalue weighted by Crippen LogP contribution is 2.44. The highest BCUT2D eigenvalue weighted by molar-refractivity contribution is 7.91. The standard InChI is InChI=1S/C21H20N2O5S/c1-21(2)15-10-12(29(27,28)8-7-17(24)25)4-6-13(15)19(26)18-14-5-3-11(22)9-16(14)23-20(18)21/h3-6,9-10,23H,7-8,22H2,1-2H3,(H,24,25). The number of rotatable bonds is 4. The Kier molecular flexibility index (Phi) is 4.09. The third-order valence-corrected chi connectivity index (χ3v) is 7.24. The molecule has 0 unspecified atom stereocenters. The van der Waals surface area contributed by atoms with Gasteiger partial charge in [0.15, 0.2) is 15.6 Å². The first kappa shape index (κ1) is 19.2. The smallest absolute Gasteiger partial charge is 0.304 e. The Morgan fingerprint density at radius 2 is 1.90 bits per heavy atom. The molecular weight excluding hydrogens is 392 g/mol. The van der Waals surface area contributed by atoms with Gasteiger partial charge in [0.05, 0.1) is 22.6 Å². The molecule has 0 spiro atoms. The summed E-state index contributed by atoms with van der Waals surface area (Å²) in [6, 6.07) is 9.71. The lowest BCUT2D eigenvalue weighted by molar-refractivity contribution is -0.136. The van der Waals surface area contributed by atoms with Crippen molar-refractivity contribution in [2.45, 2.75) is 30.6 Å². The molecule has 29 heavy (non-hydrogen) atoms. The molecule has 4 rings (SSSR count). The summed E-state index contributed by atoms with van der Waals surface area (Å²) in [5, 5.41) is 9.58. The van der Waals surface area contributed by atoms with Crippen LogP contribution in [0.1, 0.15) is 47.4 Å². The molecule has 3 aromatic rings. The highest BCUT2D eigenvalue weighted by atomic mass is 32.2. The van der Waals surface area contributed by atoms with Crippen LogP contribution in [0.2, 0.25) is 0 Å². The first-order valence-electron chi connectivity index (χ1n) is 9.08. The first-order chi connectivity index (χ1) is 13.5. The van der Waals surface area contributed by atoms with Crippen molar-refractivity contribution in [2.24, 2.45) is 0 Å². The number of fused-ring (bicyclic) bond motifs is 4. The Bertz CT molecular complexity index is 1300. The van der Waals surface area contributed by atoms with Crippen molar-refractivity contribution in [3.05, 3.63) is 58.8 Å². The number of aromatic amines is 1. The predicted molar refractivity (Wildman–Crippen MR) is 109 cm³/mol. The highest BCUT2D eigenvalue weighted by Gasteiger charge is 2.40. The molecule has 0 atom stereocenters. The van der Waals surface area contributed by atoms with E-state index in [-0.39, 0.29) is 10.7 Å². The van der Waals surface area contributed by atoms with Gasteiger partial charge in [0.25, 0.3) is 0 Å². The fourth-order valence-electron chi connectivity index (χ4n) is 3.96. The maximum atomic E-state index is 13.3. The van der Waals surface area contributed by atoms with Gasteiger partial charge in [-0.3, -0.25) is 9.59 Å². The fourth-order valence-corrected chi connectivity index (χ4v) is 5.21. The SMILES string of the molecule is CC1(C)c2cc(S(=O)(=O)CCC(=O)O)ccc2C(=O)c2c1[nH]c1cc(N)ccc21. The fraction of sp³-hybridized carbons (Fsp3) is 0.238. The van der Waals surface area contributed by atoms with Crippen LogP contribution in [-0.4, -0.2) is 36.0 Å². The third kappa shape index (κ3) is 2.91. The monoisotopic (exact) mass is 412 g/mol. The van der Waals surface area contributed by atoms with Crippen molar-refractivity contribution < 1.29 is 23.1 Å². The van der Waals surface area contributed by atoms with Gasteiger partial charge in [-0.05, 0) is 35.9 Å². The average Bonchev–Trinajstić information content (AvgIpc) is 3.04. The van der Waals surface area contributed by atoms with Crippen LogP contribution in [0.25, 0.3) is 10.9 Å². The molecular formula is C21H20N2O5S. The van der Waals surface area contributed by atoms with Crippen molar-refractivity contribution in [3.8, 4) is 0 Å². The second-order valence-corrected chi connectivity index (χ2v) is 9.91. The Morgan fingerprint density at radius 1 is 1.17 bits per heavy atom. The second-order valence-electron chi connectivity index (χ2n) is 7.80. The molecule has 1 aliphatic carbocycles. The Labute approximate surface area is 167 Å². The molecule has 8 heteroatoms. The molecule has 1 aliphatic rings. The van der Waals surface area contributed by atoms with Crippen molar-refractivity contribution in [1.29, 1.82) is 0 Å². The van der Waals surface area contributed by atoms with Gasteiger partial charge in [0, 0.05) is 33.3 Å². The summed E-state index contributed by atoms with van der Waals surface area (Å²) >= 11 is 0. The molecule has 0 fully saturated rings. The molecule has 0 aliphatic heterocycles. The molecule has 7 nitrogen and oxygen atoms in total. The molecule has 0 bridgehead atoms. The Hall–Kier alpha value is -3.13. The van der Waals surface area contributed by atoms with Crippen LogP contribution >= 0.6 is 0 Å². The van der Waals surface area contributed by atoms with Crippen molar-refractivity contribution >= 4 is 38.2 Å². The number of carbonyl (C=O) groups is 2. The lowest BCUT2D eigenvalue weighted by atomic mass is 9.71. The number of nitrogen functional groups attached to an aromatic ring is 1. The van der Waals surface area contributed by atoms with Gasteiger partial charge in [0.2, 0.25) is 0 Å². The Balaban J connectivity index is 1.89. The van der Waals surface area contributed by atoms with Crippen LogP contribution in [-0.2, 0) is 20.0 Å². The number of carboxylic acids is 1. The summed E-state index contributed by atoms with van der Waals surface area (Å²) in [5.74, 6) is -1.85.